The van der Waals surface area contributed by atoms with E-state index in [1.54, 1.807) is 12.1 Å². The van der Waals surface area contributed by atoms with Crippen LogP contribution in [-0.2, 0) is 20.7 Å². The number of carbonyl (C=O) groups excluding carboxylic acids is 2. The number of amides is 2. The summed E-state index contributed by atoms with van der Waals surface area (Å²) >= 11 is 7.73. The molecule has 0 radical (unpaired) electrons. The molecule has 0 aromatic heterocycles. The number of benzene rings is 1. The smallest absolute Gasteiger partial charge is 0.279 e. The molecule has 3 heterocycles. The monoisotopic (exact) mass is 408 g/mol. The molecule has 1 spiro atoms. The molecule has 3 aliphatic heterocycles. The summed E-state index contributed by atoms with van der Waals surface area (Å²) < 4.78 is 10.8. The molecule has 144 valence electrons. The first kappa shape index (κ1) is 18.7. The van der Waals surface area contributed by atoms with Gasteiger partial charge in [-0.05, 0) is 49.0 Å². The fraction of sp³-hybridized carbons (Fsp3) is 0.474. The third-order valence-electron chi connectivity index (χ3n) is 5.38. The van der Waals surface area contributed by atoms with E-state index in [0.29, 0.717) is 48.2 Å². The first-order chi connectivity index (χ1) is 12.9. The summed E-state index contributed by atoms with van der Waals surface area (Å²) in [6.07, 6.45) is 2.82. The molecule has 2 amide bonds. The van der Waals surface area contributed by atoms with Crippen molar-refractivity contribution in [3.8, 4) is 5.75 Å². The van der Waals surface area contributed by atoms with Crippen molar-refractivity contribution < 1.29 is 19.1 Å². The predicted molar refractivity (Wildman–Crippen MR) is 103 cm³/mol. The van der Waals surface area contributed by atoms with Gasteiger partial charge in [-0.1, -0.05) is 23.4 Å². The molecule has 1 aromatic carbocycles. The zero-order valence-corrected chi connectivity index (χ0v) is 16.8. The Labute approximate surface area is 167 Å². The van der Waals surface area contributed by atoms with Crippen molar-refractivity contribution >= 4 is 35.2 Å². The molecule has 0 saturated carbocycles. The van der Waals surface area contributed by atoms with Crippen molar-refractivity contribution in [1.29, 1.82) is 0 Å². The van der Waals surface area contributed by atoms with E-state index in [1.165, 1.54) is 18.7 Å². The van der Waals surface area contributed by atoms with Crippen molar-refractivity contribution in [2.75, 3.05) is 20.3 Å². The van der Waals surface area contributed by atoms with Crippen molar-refractivity contribution in [2.45, 2.75) is 43.0 Å². The van der Waals surface area contributed by atoms with E-state index in [1.807, 2.05) is 12.1 Å². The number of hydrogen-bond donors (Lipinski definition) is 1. The molecule has 3 aliphatic rings. The number of hydrazine groups is 1. The number of nitrogens with zero attached hydrogens (tertiary/aromatic N) is 1. The van der Waals surface area contributed by atoms with Gasteiger partial charge in [0.15, 0.2) is 0 Å². The molecule has 0 atom stereocenters. The number of methoxy groups -OCH3 is 1. The van der Waals surface area contributed by atoms with Crippen LogP contribution in [0, 0.1) is 0 Å². The number of carbonyl (C=O) groups is 2. The van der Waals surface area contributed by atoms with Gasteiger partial charge in [0.1, 0.15) is 5.75 Å². The van der Waals surface area contributed by atoms with E-state index < -0.39 is 5.54 Å². The molecule has 0 bridgehead atoms. The van der Waals surface area contributed by atoms with Gasteiger partial charge in [0, 0.05) is 25.0 Å². The number of nitrogens with one attached hydrogen (secondary N) is 1. The number of fused-ring (bicyclic) bond motifs is 1. The molecule has 27 heavy (non-hydrogen) atoms. The Balaban J connectivity index is 1.73. The van der Waals surface area contributed by atoms with Gasteiger partial charge in [-0.25, -0.2) is 5.01 Å². The summed E-state index contributed by atoms with van der Waals surface area (Å²) in [5, 5.41) is 2.13. The maximum atomic E-state index is 13.3. The highest BCUT2D eigenvalue weighted by Gasteiger charge is 2.48. The highest BCUT2D eigenvalue weighted by Crippen LogP contribution is 2.49. The van der Waals surface area contributed by atoms with Crippen LogP contribution < -0.4 is 10.2 Å². The largest absolute Gasteiger partial charge is 0.495 e. The van der Waals surface area contributed by atoms with Gasteiger partial charge in [0.25, 0.3) is 5.91 Å². The quantitative estimate of drug-likeness (QED) is 0.814. The Morgan fingerprint density at radius 2 is 2.11 bits per heavy atom. The number of rotatable bonds is 2. The molecule has 6 nitrogen and oxygen atoms in total. The van der Waals surface area contributed by atoms with Crippen LogP contribution in [0.3, 0.4) is 0 Å². The topological polar surface area (TPSA) is 67.9 Å². The standard InChI is InChI=1S/C19H21ClN2O4S/c1-11(23)21-22-18(24)17-13(10-19(22)3-5-26-6-4-19)7-12-8-14(20)15(25-2)9-16(12)27-17/h8-9H,3-7,10H2,1-2H3,(H,21,23). The van der Waals surface area contributed by atoms with Crippen LogP contribution in [-0.4, -0.2) is 42.7 Å². The fourth-order valence-electron chi connectivity index (χ4n) is 4.07. The minimum absolute atomic E-state index is 0.141. The van der Waals surface area contributed by atoms with Crippen LogP contribution in [0.2, 0.25) is 5.02 Å². The second-order valence-electron chi connectivity index (χ2n) is 7.13. The lowest BCUT2D eigenvalue weighted by molar-refractivity contribution is -0.152. The van der Waals surface area contributed by atoms with Gasteiger partial charge in [0.2, 0.25) is 5.91 Å². The Bertz CT molecular complexity index is 848. The SMILES string of the molecule is COc1cc2c(cc1Cl)CC1=C(S2)C(=O)N(NC(C)=O)C2(CCOCC2)C1. The summed E-state index contributed by atoms with van der Waals surface area (Å²) in [6.45, 7) is 2.60. The van der Waals surface area contributed by atoms with Crippen LogP contribution >= 0.6 is 23.4 Å². The zero-order chi connectivity index (χ0) is 19.2. The highest BCUT2D eigenvalue weighted by molar-refractivity contribution is 8.04. The highest BCUT2D eigenvalue weighted by atomic mass is 35.5. The van der Waals surface area contributed by atoms with Crippen molar-refractivity contribution in [3.05, 3.63) is 33.2 Å². The van der Waals surface area contributed by atoms with Gasteiger partial charge in [-0.3, -0.25) is 15.0 Å². The molecule has 0 unspecified atom stereocenters. The van der Waals surface area contributed by atoms with Gasteiger partial charge in [-0.15, -0.1) is 0 Å². The normalized spacial score (nSPS) is 21.0. The third kappa shape index (κ3) is 3.22. The molecule has 8 heteroatoms. The van der Waals surface area contributed by atoms with Gasteiger partial charge in [-0.2, -0.15) is 0 Å². The van der Waals surface area contributed by atoms with Gasteiger partial charge >= 0.3 is 0 Å². The summed E-state index contributed by atoms with van der Waals surface area (Å²) in [6, 6.07) is 3.80. The van der Waals surface area contributed by atoms with Crippen LogP contribution in [0.15, 0.2) is 27.5 Å². The molecule has 1 N–H and O–H groups in total. The second-order valence-corrected chi connectivity index (χ2v) is 8.59. The first-order valence-corrected chi connectivity index (χ1v) is 10.1. The average Bonchev–Trinajstić information content (AvgIpc) is 2.64. The van der Waals surface area contributed by atoms with E-state index in [0.717, 1.165) is 22.5 Å². The minimum atomic E-state index is -0.422. The molecule has 0 aliphatic carbocycles. The first-order valence-electron chi connectivity index (χ1n) is 8.89. The van der Waals surface area contributed by atoms with Gasteiger partial charge in [0.05, 0.1) is 22.6 Å². The lowest BCUT2D eigenvalue weighted by Gasteiger charge is -2.50. The maximum absolute atomic E-state index is 13.3. The van der Waals surface area contributed by atoms with Crippen molar-refractivity contribution in [2.24, 2.45) is 0 Å². The van der Waals surface area contributed by atoms with Crippen molar-refractivity contribution in [3.63, 3.8) is 0 Å². The Kier molecular flexibility index (Phi) is 4.86. The van der Waals surface area contributed by atoms with Crippen LogP contribution in [0.1, 0.15) is 31.7 Å². The molecule has 1 fully saturated rings. The molecule has 1 saturated heterocycles. The van der Waals surface area contributed by atoms with Crippen LogP contribution in [0.4, 0.5) is 0 Å². The van der Waals surface area contributed by atoms with E-state index in [2.05, 4.69) is 5.43 Å². The fourth-order valence-corrected chi connectivity index (χ4v) is 5.45. The number of halogens is 1. The second kappa shape index (κ2) is 7.04. The van der Waals surface area contributed by atoms with E-state index in [-0.39, 0.29) is 11.8 Å². The Morgan fingerprint density at radius 3 is 2.78 bits per heavy atom. The van der Waals surface area contributed by atoms with E-state index in [9.17, 15) is 9.59 Å². The number of thioether (sulfide) groups is 1. The minimum Gasteiger partial charge on any atom is -0.495 e. The number of ether oxygens (including phenoxy) is 2. The Morgan fingerprint density at radius 1 is 1.37 bits per heavy atom. The zero-order valence-electron chi connectivity index (χ0n) is 15.3. The molecule has 4 rings (SSSR count). The van der Waals surface area contributed by atoms with Crippen LogP contribution in [0.25, 0.3) is 0 Å². The third-order valence-corrected chi connectivity index (χ3v) is 6.94. The maximum Gasteiger partial charge on any atom is 0.279 e. The van der Waals surface area contributed by atoms with Crippen molar-refractivity contribution in [1.82, 2.24) is 10.4 Å². The lowest BCUT2D eigenvalue weighted by Crippen LogP contribution is -2.63. The van der Waals surface area contributed by atoms with Gasteiger partial charge < -0.3 is 9.47 Å². The predicted octanol–water partition coefficient (Wildman–Crippen LogP) is 3.08. The molecule has 1 aromatic rings. The lowest BCUT2D eigenvalue weighted by atomic mass is 9.78. The van der Waals surface area contributed by atoms with Crippen LogP contribution in [0.5, 0.6) is 5.75 Å². The van der Waals surface area contributed by atoms with E-state index >= 15 is 0 Å². The summed E-state index contributed by atoms with van der Waals surface area (Å²) in [5.41, 5.74) is 4.57. The Hall–Kier alpha value is -1.70. The number of hydrogen-bond acceptors (Lipinski definition) is 5. The average molecular weight is 409 g/mol. The molecular weight excluding hydrogens is 388 g/mol. The summed E-state index contributed by atoms with van der Waals surface area (Å²) in [4.78, 5) is 26.8. The molecular formula is C19H21ClN2O4S. The van der Waals surface area contributed by atoms with E-state index in [4.69, 9.17) is 21.1 Å². The summed E-state index contributed by atoms with van der Waals surface area (Å²) in [7, 11) is 1.57. The summed E-state index contributed by atoms with van der Waals surface area (Å²) in [5.74, 6) is 0.209.